The molecule has 4 heteroatoms. The highest BCUT2D eigenvalue weighted by Crippen LogP contribution is 2.44. The molecule has 0 saturated heterocycles. The number of esters is 1. The second-order valence-electron chi connectivity index (χ2n) is 6.22. The van der Waals surface area contributed by atoms with Crippen LogP contribution in [0, 0.1) is 5.92 Å². The van der Waals surface area contributed by atoms with E-state index in [0.717, 1.165) is 18.6 Å². The number of hydrogen-bond acceptors (Lipinski definition) is 4. The molecule has 0 spiro atoms. The predicted octanol–water partition coefficient (Wildman–Crippen LogP) is 3.95. The molecule has 3 nitrogen and oxygen atoms in total. The average Bonchev–Trinajstić information content (AvgIpc) is 2.46. The molecule has 1 atom stereocenters. The Morgan fingerprint density at radius 2 is 2.24 bits per heavy atom. The van der Waals surface area contributed by atoms with E-state index >= 15 is 0 Å². The molecule has 21 heavy (non-hydrogen) atoms. The van der Waals surface area contributed by atoms with Crippen LogP contribution in [0.1, 0.15) is 59.3 Å². The highest BCUT2D eigenvalue weighted by molar-refractivity contribution is 8.00. The predicted molar refractivity (Wildman–Crippen MR) is 89.5 cm³/mol. The Morgan fingerprint density at radius 1 is 1.48 bits per heavy atom. The zero-order valence-electron chi connectivity index (χ0n) is 13.7. The Balaban J connectivity index is 2.30. The minimum atomic E-state index is -0.109. The highest BCUT2D eigenvalue weighted by atomic mass is 32.2. The van der Waals surface area contributed by atoms with Crippen molar-refractivity contribution in [3.8, 4) is 0 Å². The van der Waals surface area contributed by atoms with Crippen LogP contribution in [-0.2, 0) is 9.53 Å². The summed E-state index contributed by atoms with van der Waals surface area (Å²) in [6.07, 6.45) is 7.80. The fraction of sp³-hybridized carbons (Fsp3) is 0.824. The molecule has 0 radical (unpaired) electrons. The quantitative estimate of drug-likeness (QED) is 0.398. The molecule has 0 bridgehead atoms. The van der Waals surface area contributed by atoms with Crippen molar-refractivity contribution in [2.45, 2.75) is 64.0 Å². The van der Waals surface area contributed by atoms with E-state index in [2.05, 4.69) is 26.8 Å². The van der Waals surface area contributed by atoms with E-state index in [1.165, 1.54) is 18.4 Å². The van der Waals surface area contributed by atoms with Crippen molar-refractivity contribution in [1.82, 2.24) is 0 Å². The first-order valence-corrected chi connectivity index (χ1v) is 9.05. The lowest BCUT2D eigenvalue weighted by Gasteiger charge is -2.39. The van der Waals surface area contributed by atoms with Crippen molar-refractivity contribution < 1.29 is 14.6 Å². The van der Waals surface area contributed by atoms with E-state index < -0.39 is 0 Å². The number of thioether (sulfide) groups is 1. The lowest BCUT2D eigenvalue weighted by molar-refractivity contribution is -0.143. The van der Waals surface area contributed by atoms with Gasteiger partial charge < -0.3 is 9.84 Å². The van der Waals surface area contributed by atoms with Crippen LogP contribution in [-0.4, -0.2) is 34.8 Å². The minimum Gasteiger partial charge on any atom is -0.466 e. The Morgan fingerprint density at radius 3 is 2.81 bits per heavy atom. The molecule has 1 aliphatic rings. The number of carbonyl (C=O) groups is 1. The maximum Gasteiger partial charge on any atom is 0.306 e. The first kappa shape index (κ1) is 18.6. The summed E-state index contributed by atoms with van der Waals surface area (Å²) in [4.78, 5) is 11.7. The summed E-state index contributed by atoms with van der Waals surface area (Å²) in [5.41, 5.74) is 1.50. The molecule has 0 aromatic heterocycles. The number of allylic oxidation sites excluding steroid dienone is 2. The Labute approximate surface area is 133 Å². The van der Waals surface area contributed by atoms with E-state index in [4.69, 9.17) is 9.84 Å². The third-order valence-corrected chi connectivity index (χ3v) is 6.13. The van der Waals surface area contributed by atoms with Gasteiger partial charge in [0.2, 0.25) is 0 Å². The molecular weight excluding hydrogens is 284 g/mol. The molecule has 122 valence electrons. The third-order valence-electron chi connectivity index (χ3n) is 4.30. The van der Waals surface area contributed by atoms with E-state index in [0.29, 0.717) is 25.4 Å². The summed E-state index contributed by atoms with van der Waals surface area (Å²) in [5.74, 6) is 1.35. The topological polar surface area (TPSA) is 46.5 Å². The molecule has 1 N–H and O–H groups in total. The third kappa shape index (κ3) is 6.43. The summed E-state index contributed by atoms with van der Waals surface area (Å²) in [7, 11) is 0. The van der Waals surface area contributed by atoms with E-state index in [-0.39, 0.29) is 17.3 Å². The van der Waals surface area contributed by atoms with Crippen LogP contribution in [0.15, 0.2) is 11.6 Å². The molecule has 0 amide bonds. The van der Waals surface area contributed by atoms with Gasteiger partial charge in [-0.1, -0.05) is 25.5 Å². The largest absolute Gasteiger partial charge is 0.466 e. The van der Waals surface area contributed by atoms with Gasteiger partial charge in [-0.3, -0.25) is 4.79 Å². The maximum absolute atomic E-state index is 11.7. The number of rotatable bonds is 9. The molecule has 0 fully saturated rings. The van der Waals surface area contributed by atoms with Crippen molar-refractivity contribution in [3.63, 3.8) is 0 Å². The lowest BCUT2D eigenvalue weighted by atomic mass is 9.82. The summed E-state index contributed by atoms with van der Waals surface area (Å²) in [6, 6.07) is 0. The molecule has 0 aromatic carbocycles. The smallest absolute Gasteiger partial charge is 0.306 e. The number of unbranched alkanes of at least 4 members (excludes halogenated alkanes) is 1. The fourth-order valence-electron chi connectivity index (χ4n) is 2.59. The van der Waals surface area contributed by atoms with Gasteiger partial charge in [-0.05, 0) is 44.9 Å². The molecule has 1 aliphatic carbocycles. The molecule has 0 aromatic rings. The Kier molecular flexibility index (Phi) is 8.42. The van der Waals surface area contributed by atoms with Crippen LogP contribution in [0.4, 0.5) is 0 Å². The first-order chi connectivity index (χ1) is 10.00. The van der Waals surface area contributed by atoms with Gasteiger partial charge in [0, 0.05) is 17.1 Å². The maximum atomic E-state index is 11.7. The monoisotopic (exact) mass is 314 g/mol. The summed E-state index contributed by atoms with van der Waals surface area (Å²) in [6.45, 7) is 7.38. The molecule has 0 saturated carbocycles. The van der Waals surface area contributed by atoms with Crippen LogP contribution >= 0.6 is 11.8 Å². The lowest BCUT2D eigenvalue weighted by Crippen LogP contribution is -2.33. The molecule has 0 heterocycles. The Hall–Kier alpha value is -0.480. The van der Waals surface area contributed by atoms with Crippen LogP contribution < -0.4 is 0 Å². The van der Waals surface area contributed by atoms with Crippen molar-refractivity contribution in [2.24, 2.45) is 5.92 Å². The highest BCUT2D eigenvalue weighted by Gasteiger charge is 2.34. The number of carbonyl (C=O) groups excluding carboxylic acids is 1. The van der Waals surface area contributed by atoms with Crippen molar-refractivity contribution >= 4 is 17.7 Å². The van der Waals surface area contributed by atoms with Gasteiger partial charge in [-0.2, -0.15) is 11.8 Å². The van der Waals surface area contributed by atoms with Crippen molar-refractivity contribution in [2.75, 3.05) is 19.0 Å². The molecule has 1 unspecified atom stereocenters. The van der Waals surface area contributed by atoms with Gasteiger partial charge in [0.1, 0.15) is 0 Å². The number of aliphatic hydroxyl groups excluding tert-OH is 1. The average molecular weight is 314 g/mol. The second kappa shape index (κ2) is 9.52. The van der Waals surface area contributed by atoms with E-state index in [1.807, 2.05) is 11.8 Å². The van der Waals surface area contributed by atoms with Gasteiger partial charge in [-0.15, -0.1) is 0 Å². The first-order valence-electron chi connectivity index (χ1n) is 8.06. The normalized spacial score (nSPS) is 22.2. The standard InChI is InChI=1S/C17H30O3S/c1-14(2)17(9-6-15(3)7-10-17)21-13-8-16(19)20-12-5-4-11-18/h6,14,18H,4-5,7-13H2,1-3H3. The van der Waals surface area contributed by atoms with Crippen LogP contribution in [0.5, 0.6) is 0 Å². The number of ether oxygens (including phenoxy) is 1. The minimum absolute atomic E-state index is 0.109. The van der Waals surface area contributed by atoms with Gasteiger partial charge >= 0.3 is 5.97 Å². The summed E-state index contributed by atoms with van der Waals surface area (Å²) < 4.78 is 5.46. The zero-order valence-corrected chi connectivity index (χ0v) is 14.5. The van der Waals surface area contributed by atoms with Gasteiger partial charge in [0.25, 0.3) is 0 Å². The van der Waals surface area contributed by atoms with Gasteiger partial charge in [0.05, 0.1) is 13.0 Å². The second-order valence-corrected chi connectivity index (χ2v) is 7.73. The molecular formula is C17H30O3S. The summed E-state index contributed by atoms with van der Waals surface area (Å²) in [5, 5.41) is 8.67. The van der Waals surface area contributed by atoms with Gasteiger partial charge in [-0.25, -0.2) is 0 Å². The molecule has 0 aliphatic heterocycles. The van der Waals surface area contributed by atoms with Crippen molar-refractivity contribution in [3.05, 3.63) is 11.6 Å². The van der Waals surface area contributed by atoms with E-state index in [9.17, 15) is 4.79 Å². The Bertz CT molecular complexity index is 352. The number of hydrogen-bond donors (Lipinski definition) is 1. The van der Waals surface area contributed by atoms with Crippen LogP contribution in [0.25, 0.3) is 0 Å². The van der Waals surface area contributed by atoms with Gasteiger partial charge in [0.15, 0.2) is 0 Å². The van der Waals surface area contributed by atoms with Crippen LogP contribution in [0.3, 0.4) is 0 Å². The summed E-state index contributed by atoms with van der Waals surface area (Å²) >= 11 is 1.94. The molecule has 1 rings (SSSR count). The fourth-order valence-corrected chi connectivity index (χ4v) is 4.05. The van der Waals surface area contributed by atoms with Crippen molar-refractivity contribution in [1.29, 1.82) is 0 Å². The van der Waals surface area contributed by atoms with Crippen LogP contribution in [0.2, 0.25) is 0 Å². The number of aliphatic hydroxyl groups is 1. The van der Waals surface area contributed by atoms with E-state index in [1.54, 1.807) is 0 Å². The zero-order chi connectivity index (χ0) is 15.7. The SMILES string of the molecule is CC1=CCC(SCCC(=O)OCCCCO)(C(C)C)CC1.